The highest BCUT2D eigenvalue weighted by atomic mass is 32.2. The molecule has 0 saturated carbocycles. The van der Waals surface area contributed by atoms with E-state index in [0.717, 1.165) is 0 Å². The number of hydrogen-bond acceptors (Lipinski definition) is 5. The molecule has 0 spiro atoms. The highest BCUT2D eigenvalue weighted by Crippen LogP contribution is 2.23. The molecule has 3 N–H and O–H groups in total. The number of nitrogens with zero attached hydrogens (tertiary/aromatic N) is 2. The SMILES string of the molecule is CN(C1CCOC1)S(=O)(=O)c1cn[nH]c1N. The average Bonchev–Trinajstić information content (AvgIpc) is 2.86. The summed E-state index contributed by atoms with van der Waals surface area (Å²) in [5.41, 5.74) is 5.51. The number of hydrogen-bond donors (Lipinski definition) is 2. The van der Waals surface area contributed by atoms with E-state index in [9.17, 15) is 8.42 Å². The number of aromatic amines is 1. The lowest BCUT2D eigenvalue weighted by atomic mass is 10.3. The molecule has 1 aliphatic heterocycles. The van der Waals surface area contributed by atoms with Crippen molar-refractivity contribution in [3.8, 4) is 0 Å². The maximum Gasteiger partial charge on any atom is 0.248 e. The second-order valence-corrected chi connectivity index (χ2v) is 5.65. The van der Waals surface area contributed by atoms with Gasteiger partial charge in [-0.3, -0.25) is 5.10 Å². The van der Waals surface area contributed by atoms with Crippen LogP contribution in [0.4, 0.5) is 5.82 Å². The Morgan fingerprint density at radius 1 is 1.69 bits per heavy atom. The molecule has 2 rings (SSSR count). The summed E-state index contributed by atoms with van der Waals surface area (Å²) in [7, 11) is -2.05. The number of sulfonamides is 1. The number of ether oxygens (including phenoxy) is 1. The standard InChI is InChI=1S/C8H14N4O3S/c1-12(6-2-3-15-5-6)16(13,14)7-4-10-11-8(7)9/h4,6H,2-3,5H2,1H3,(H3,9,10,11). The van der Waals surface area contributed by atoms with E-state index in [1.165, 1.54) is 17.5 Å². The molecule has 1 aliphatic rings. The van der Waals surface area contributed by atoms with Crippen LogP contribution in [0, 0.1) is 0 Å². The zero-order chi connectivity index (χ0) is 11.8. The lowest BCUT2D eigenvalue weighted by Crippen LogP contribution is -2.37. The zero-order valence-corrected chi connectivity index (χ0v) is 9.70. The second kappa shape index (κ2) is 4.04. The summed E-state index contributed by atoms with van der Waals surface area (Å²) < 4.78 is 30.7. The molecule has 0 amide bonds. The van der Waals surface area contributed by atoms with Crippen molar-refractivity contribution in [3.63, 3.8) is 0 Å². The van der Waals surface area contributed by atoms with E-state index in [1.54, 1.807) is 0 Å². The van der Waals surface area contributed by atoms with Gasteiger partial charge >= 0.3 is 0 Å². The average molecular weight is 246 g/mol. The van der Waals surface area contributed by atoms with E-state index in [1.807, 2.05) is 0 Å². The van der Waals surface area contributed by atoms with E-state index in [4.69, 9.17) is 10.5 Å². The van der Waals surface area contributed by atoms with Crippen LogP contribution in [0.3, 0.4) is 0 Å². The van der Waals surface area contributed by atoms with Crippen LogP contribution in [0.5, 0.6) is 0 Å². The normalized spacial score (nSPS) is 21.8. The van der Waals surface area contributed by atoms with Crippen molar-refractivity contribution < 1.29 is 13.2 Å². The van der Waals surface area contributed by atoms with Crippen molar-refractivity contribution in [2.45, 2.75) is 17.4 Å². The van der Waals surface area contributed by atoms with E-state index in [0.29, 0.717) is 19.6 Å². The molecule has 7 nitrogen and oxygen atoms in total. The fourth-order valence-electron chi connectivity index (χ4n) is 1.65. The molecule has 90 valence electrons. The van der Waals surface area contributed by atoms with Gasteiger partial charge in [-0.15, -0.1) is 0 Å². The van der Waals surface area contributed by atoms with Gasteiger partial charge in [0.25, 0.3) is 0 Å². The largest absolute Gasteiger partial charge is 0.383 e. The lowest BCUT2D eigenvalue weighted by Gasteiger charge is -2.21. The molecule has 1 aromatic rings. The van der Waals surface area contributed by atoms with Crippen molar-refractivity contribution in [2.24, 2.45) is 0 Å². The molecule has 0 aromatic carbocycles. The van der Waals surface area contributed by atoms with Crippen LogP contribution in [0.2, 0.25) is 0 Å². The van der Waals surface area contributed by atoms with E-state index >= 15 is 0 Å². The van der Waals surface area contributed by atoms with Crippen molar-refractivity contribution in [1.29, 1.82) is 0 Å². The highest BCUT2D eigenvalue weighted by molar-refractivity contribution is 7.89. The van der Waals surface area contributed by atoms with Gasteiger partial charge in [0.15, 0.2) is 0 Å². The third kappa shape index (κ3) is 1.79. The van der Waals surface area contributed by atoms with Crippen molar-refractivity contribution >= 4 is 15.8 Å². The molecule has 1 saturated heterocycles. The lowest BCUT2D eigenvalue weighted by molar-refractivity contribution is 0.181. The minimum atomic E-state index is -3.58. The molecule has 1 fully saturated rings. The van der Waals surface area contributed by atoms with E-state index < -0.39 is 10.0 Å². The molecule has 0 radical (unpaired) electrons. The zero-order valence-electron chi connectivity index (χ0n) is 8.88. The van der Waals surface area contributed by atoms with Gasteiger partial charge in [0, 0.05) is 13.7 Å². The monoisotopic (exact) mass is 246 g/mol. The molecule has 1 aromatic heterocycles. The van der Waals surface area contributed by atoms with Crippen LogP contribution in [-0.2, 0) is 14.8 Å². The predicted octanol–water partition coefficient (Wildman–Crippen LogP) is -0.599. The third-order valence-electron chi connectivity index (χ3n) is 2.71. The summed E-state index contributed by atoms with van der Waals surface area (Å²) >= 11 is 0. The van der Waals surface area contributed by atoms with Gasteiger partial charge < -0.3 is 10.5 Å². The molecule has 1 unspecified atom stereocenters. The molecule has 16 heavy (non-hydrogen) atoms. The Kier molecular flexibility index (Phi) is 2.87. The summed E-state index contributed by atoms with van der Waals surface area (Å²) in [6.45, 7) is 1.01. The molecule has 8 heteroatoms. The maximum atomic E-state index is 12.1. The van der Waals surface area contributed by atoms with Crippen LogP contribution < -0.4 is 5.73 Å². The Bertz CT molecular complexity index is 463. The molecular formula is C8H14N4O3S. The Morgan fingerprint density at radius 3 is 2.94 bits per heavy atom. The number of anilines is 1. The Morgan fingerprint density at radius 2 is 2.44 bits per heavy atom. The first-order valence-electron chi connectivity index (χ1n) is 4.88. The third-order valence-corrected chi connectivity index (χ3v) is 4.65. The van der Waals surface area contributed by atoms with E-state index in [-0.39, 0.29) is 16.8 Å². The van der Waals surface area contributed by atoms with Gasteiger partial charge in [-0.25, -0.2) is 8.42 Å². The molecule has 2 heterocycles. The summed E-state index contributed by atoms with van der Waals surface area (Å²) in [5, 5.41) is 6.02. The minimum Gasteiger partial charge on any atom is -0.383 e. The van der Waals surface area contributed by atoms with Crippen molar-refractivity contribution in [3.05, 3.63) is 6.20 Å². The number of rotatable bonds is 3. The maximum absolute atomic E-state index is 12.1. The smallest absolute Gasteiger partial charge is 0.248 e. The van der Waals surface area contributed by atoms with Gasteiger partial charge in [-0.1, -0.05) is 0 Å². The van der Waals surface area contributed by atoms with Gasteiger partial charge in [0.1, 0.15) is 10.7 Å². The topological polar surface area (TPSA) is 101 Å². The van der Waals surface area contributed by atoms with Crippen LogP contribution in [0.15, 0.2) is 11.1 Å². The fraction of sp³-hybridized carbons (Fsp3) is 0.625. The number of aromatic nitrogens is 2. The first kappa shape index (κ1) is 11.4. The first-order valence-corrected chi connectivity index (χ1v) is 6.32. The molecule has 0 aliphatic carbocycles. The first-order chi connectivity index (χ1) is 7.53. The summed E-state index contributed by atoms with van der Waals surface area (Å²) in [5.74, 6) is 0.0609. The van der Waals surface area contributed by atoms with Gasteiger partial charge in [0.2, 0.25) is 10.0 Å². The van der Waals surface area contributed by atoms with Crippen LogP contribution in [0.25, 0.3) is 0 Å². The Labute approximate surface area is 93.6 Å². The number of likely N-dealkylation sites (N-methyl/N-ethyl adjacent to an activating group) is 1. The van der Waals surface area contributed by atoms with Crippen molar-refractivity contribution in [1.82, 2.24) is 14.5 Å². The number of H-pyrrole nitrogens is 1. The Hall–Kier alpha value is -1.12. The molecule has 1 atom stereocenters. The summed E-state index contributed by atoms with van der Waals surface area (Å²) in [4.78, 5) is 0.0156. The van der Waals surface area contributed by atoms with E-state index in [2.05, 4.69) is 10.2 Å². The van der Waals surface area contributed by atoms with Crippen LogP contribution in [0.1, 0.15) is 6.42 Å². The fourth-order valence-corrected chi connectivity index (χ4v) is 3.03. The second-order valence-electron chi connectivity index (χ2n) is 3.69. The summed E-state index contributed by atoms with van der Waals surface area (Å²) in [6.07, 6.45) is 1.92. The predicted molar refractivity (Wildman–Crippen MR) is 57.2 cm³/mol. The molecule has 0 bridgehead atoms. The van der Waals surface area contributed by atoms with Gasteiger partial charge in [0.05, 0.1) is 18.8 Å². The van der Waals surface area contributed by atoms with Crippen LogP contribution in [-0.4, -0.2) is 49.2 Å². The van der Waals surface area contributed by atoms with Gasteiger partial charge in [-0.2, -0.15) is 9.40 Å². The number of nitrogens with two attached hydrogens (primary N) is 1. The highest BCUT2D eigenvalue weighted by Gasteiger charge is 2.32. The quantitative estimate of drug-likeness (QED) is 0.741. The van der Waals surface area contributed by atoms with Crippen molar-refractivity contribution in [2.75, 3.05) is 26.0 Å². The number of nitrogen functional groups attached to an aromatic ring is 1. The van der Waals surface area contributed by atoms with Crippen LogP contribution >= 0.6 is 0 Å². The van der Waals surface area contributed by atoms with Gasteiger partial charge in [-0.05, 0) is 6.42 Å². The number of nitrogens with one attached hydrogen (secondary N) is 1. The summed E-state index contributed by atoms with van der Waals surface area (Å²) in [6, 6.07) is -0.126. The Balaban J connectivity index is 2.28. The molecular weight excluding hydrogens is 232 g/mol. The minimum absolute atomic E-state index is 0.0156.